The van der Waals surface area contributed by atoms with Crippen LogP contribution in [0.2, 0.25) is 0 Å². The highest BCUT2D eigenvalue weighted by atomic mass is 16.4. The summed E-state index contributed by atoms with van der Waals surface area (Å²) < 4.78 is 0. The van der Waals surface area contributed by atoms with Crippen molar-refractivity contribution in [2.24, 2.45) is 27.9 Å². The maximum absolute atomic E-state index is 13.1. The van der Waals surface area contributed by atoms with Crippen LogP contribution in [0.5, 0.6) is 0 Å². The molecule has 39 heavy (non-hydrogen) atoms. The lowest BCUT2D eigenvalue weighted by atomic mass is 10.1. The number of nitrogens with one attached hydrogen (secondary N) is 4. The molecule has 0 bridgehead atoms. The summed E-state index contributed by atoms with van der Waals surface area (Å²) in [5.74, 6) is -6.70. The van der Waals surface area contributed by atoms with E-state index < -0.39 is 79.0 Å². The van der Waals surface area contributed by atoms with Crippen LogP contribution in [0.4, 0.5) is 0 Å². The van der Waals surface area contributed by atoms with Crippen LogP contribution in [0.25, 0.3) is 0 Å². The number of carboxylic acids is 2. The van der Waals surface area contributed by atoms with Gasteiger partial charge in [0.1, 0.15) is 18.1 Å². The number of aromatic nitrogens is 2. The van der Waals surface area contributed by atoms with E-state index in [1.54, 1.807) is 0 Å². The van der Waals surface area contributed by atoms with Crippen LogP contribution < -0.4 is 38.9 Å². The Morgan fingerprint density at radius 3 is 2.08 bits per heavy atom. The number of nitrogens with two attached hydrogens (primary N) is 4. The molecular formula is C21H34N10O8. The standard InChI is InChI=1S/C21H34N10O8/c22-11(6-10-8-26-9-28-10)17(35)29-12(2-1-5-27-21(24)25)18(36)31-14(7-15(23)32)19(37)30-13(20(38)39)3-4-16(33)34/h8-9,11-14H,1-7,22H2,(H2,23,32)(H,26,28)(H,29,35)(H,30,37)(H,31,36)(H,33,34)(H,38,39)(H4,24,25,27). The minimum atomic E-state index is -1.63. The predicted octanol–water partition coefficient (Wildman–Crippen LogP) is -4.39. The summed E-state index contributed by atoms with van der Waals surface area (Å²) in [4.78, 5) is 82.7. The SMILES string of the molecule is NC(=O)CC(NC(=O)C(CCCN=C(N)N)NC(=O)C(N)Cc1cnc[nH]1)C(=O)NC(CCC(=O)O)C(=O)O. The maximum atomic E-state index is 13.1. The number of primary amides is 1. The second kappa shape index (κ2) is 16.2. The number of guanidine groups is 1. The number of carbonyl (C=O) groups excluding carboxylic acids is 4. The minimum Gasteiger partial charge on any atom is -0.481 e. The van der Waals surface area contributed by atoms with Crippen molar-refractivity contribution in [3.8, 4) is 0 Å². The molecule has 4 atom stereocenters. The van der Waals surface area contributed by atoms with Gasteiger partial charge in [-0.1, -0.05) is 0 Å². The number of rotatable bonds is 18. The Morgan fingerprint density at radius 2 is 1.54 bits per heavy atom. The van der Waals surface area contributed by atoms with Crippen LogP contribution in [-0.4, -0.2) is 92.4 Å². The molecule has 0 aliphatic carbocycles. The molecule has 4 unspecified atom stereocenters. The van der Waals surface area contributed by atoms with Crippen LogP contribution >= 0.6 is 0 Å². The summed E-state index contributed by atoms with van der Waals surface area (Å²) in [6, 6.07) is -5.58. The molecule has 0 saturated carbocycles. The second-order valence-electron chi connectivity index (χ2n) is 8.46. The first-order chi connectivity index (χ1) is 18.3. The Bertz CT molecular complexity index is 1040. The molecule has 0 aliphatic rings. The number of aliphatic carboxylic acids is 2. The smallest absolute Gasteiger partial charge is 0.326 e. The normalized spacial score (nSPS) is 13.7. The van der Waals surface area contributed by atoms with E-state index in [9.17, 15) is 33.9 Å². The number of nitrogens with zero attached hydrogens (tertiary/aromatic N) is 2. The molecule has 0 saturated heterocycles. The Labute approximate surface area is 222 Å². The van der Waals surface area contributed by atoms with Gasteiger partial charge in [-0.3, -0.25) is 29.0 Å². The number of aliphatic imine (C=N–C) groups is 1. The summed E-state index contributed by atoms with van der Waals surface area (Å²) in [6.45, 7) is 0.108. The third-order valence-corrected chi connectivity index (χ3v) is 5.21. The maximum Gasteiger partial charge on any atom is 0.326 e. The summed E-state index contributed by atoms with van der Waals surface area (Å²) in [5, 5.41) is 24.9. The molecule has 18 nitrogen and oxygen atoms in total. The first-order valence-electron chi connectivity index (χ1n) is 11.7. The topological polar surface area (TPSA) is 324 Å². The van der Waals surface area contributed by atoms with Gasteiger partial charge in [0.2, 0.25) is 23.6 Å². The van der Waals surface area contributed by atoms with Gasteiger partial charge in [0, 0.05) is 31.3 Å². The molecule has 1 rings (SSSR count). The summed E-state index contributed by atoms with van der Waals surface area (Å²) in [6.07, 6.45) is 1.44. The average Bonchev–Trinajstić information content (AvgIpc) is 3.35. The lowest BCUT2D eigenvalue weighted by Crippen LogP contribution is -2.58. The van der Waals surface area contributed by atoms with Crippen molar-refractivity contribution in [3.63, 3.8) is 0 Å². The van der Waals surface area contributed by atoms with Gasteiger partial charge in [0.25, 0.3) is 0 Å². The quantitative estimate of drug-likeness (QED) is 0.0467. The van der Waals surface area contributed by atoms with Crippen LogP contribution in [0.15, 0.2) is 17.5 Å². The number of H-pyrrole nitrogens is 1. The van der Waals surface area contributed by atoms with Crippen LogP contribution in [-0.2, 0) is 35.2 Å². The summed E-state index contributed by atoms with van der Waals surface area (Å²) in [5.41, 5.74) is 22.3. The third kappa shape index (κ3) is 12.9. The van der Waals surface area contributed by atoms with Crippen LogP contribution in [0, 0.1) is 0 Å². The van der Waals surface area contributed by atoms with Gasteiger partial charge in [-0.2, -0.15) is 0 Å². The van der Waals surface area contributed by atoms with Crippen molar-refractivity contribution in [3.05, 3.63) is 18.2 Å². The van der Waals surface area contributed by atoms with Crippen molar-refractivity contribution < 1.29 is 39.0 Å². The lowest BCUT2D eigenvalue weighted by molar-refractivity contribution is -0.143. The summed E-state index contributed by atoms with van der Waals surface area (Å²) >= 11 is 0. The first kappa shape index (κ1) is 32.3. The van der Waals surface area contributed by atoms with E-state index in [0.29, 0.717) is 5.69 Å². The molecular weight excluding hydrogens is 520 g/mol. The highest BCUT2D eigenvalue weighted by molar-refractivity contribution is 5.96. The number of carboxylic acid groups (broad SMARTS) is 2. The number of aromatic amines is 1. The van der Waals surface area contributed by atoms with Gasteiger partial charge in [0.05, 0.1) is 18.8 Å². The molecule has 14 N–H and O–H groups in total. The second-order valence-corrected chi connectivity index (χ2v) is 8.46. The predicted molar refractivity (Wildman–Crippen MR) is 134 cm³/mol. The largest absolute Gasteiger partial charge is 0.481 e. The van der Waals surface area contributed by atoms with Crippen molar-refractivity contribution in [2.45, 2.75) is 62.7 Å². The van der Waals surface area contributed by atoms with Gasteiger partial charge in [-0.15, -0.1) is 0 Å². The van der Waals surface area contributed by atoms with E-state index in [1.165, 1.54) is 12.5 Å². The zero-order valence-electron chi connectivity index (χ0n) is 21.0. The van der Waals surface area contributed by atoms with E-state index in [0.717, 1.165) is 0 Å². The molecule has 4 amide bonds. The molecule has 1 heterocycles. The molecule has 18 heteroatoms. The fraction of sp³-hybridized carbons (Fsp3) is 0.524. The molecule has 0 spiro atoms. The summed E-state index contributed by atoms with van der Waals surface area (Å²) in [7, 11) is 0. The number of amides is 4. The Kier molecular flexibility index (Phi) is 13.4. The van der Waals surface area contributed by atoms with Gasteiger partial charge in [-0.05, 0) is 19.3 Å². The van der Waals surface area contributed by atoms with Crippen molar-refractivity contribution in [1.82, 2.24) is 25.9 Å². The van der Waals surface area contributed by atoms with Crippen molar-refractivity contribution in [1.29, 1.82) is 0 Å². The van der Waals surface area contributed by atoms with E-state index in [4.69, 9.17) is 28.0 Å². The number of hydrogen-bond donors (Lipinski definition) is 10. The van der Waals surface area contributed by atoms with Crippen LogP contribution in [0.3, 0.4) is 0 Å². The lowest BCUT2D eigenvalue weighted by Gasteiger charge is -2.24. The van der Waals surface area contributed by atoms with Crippen molar-refractivity contribution in [2.75, 3.05) is 6.54 Å². The number of carbonyl (C=O) groups is 6. The van der Waals surface area contributed by atoms with E-state index in [2.05, 4.69) is 30.9 Å². The highest BCUT2D eigenvalue weighted by Gasteiger charge is 2.31. The van der Waals surface area contributed by atoms with Gasteiger partial charge >= 0.3 is 11.9 Å². The fourth-order valence-corrected chi connectivity index (χ4v) is 3.26. The molecule has 1 aromatic heterocycles. The molecule has 1 aromatic rings. The average molecular weight is 555 g/mol. The van der Waals surface area contributed by atoms with E-state index in [1.807, 2.05) is 0 Å². The number of hydrogen-bond acceptors (Lipinski definition) is 9. The van der Waals surface area contributed by atoms with E-state index in [-0.39, 0.29) is 31.8 Å². The minimum absolute atomic E-state index is 0.00754. The van der Waals surface area contributed by atoms with Gasteiger partial charge in [0.15, 0.2) is 5.96 Å². The molecule has 0 radical (unpaired) electrons. The zero-order valence-corrected chi connectivity index (χ0v) is 21.0. The molecule has 0 fully saturated rings. The Balaban J connectivity index is 3.02. The highest BCUT2D eigenvalue weighted by Crippen LogP contribution is 2.05. The monoisotopic (exact) mass is 554 g/mol. The number of imidazole rings is 1. The molecule has 0 aliphatic heterocycles. The molecule has 216 valence electrons. The first-order valence-corrected chi connectivity index (χ1v) is 11.7. The van der Waals surface area contributed by atoms with Gasteiger partial charge in [-0.25, -0.2) is 9.78 Å². The van der Waals surface area contributed by atoms with E-state index >= 15 is 0 Å². The van der Waals surface area contributed by atoms with Crippen LogP contribution in [0.1, 0.15) is 37.8 Å². The Hall–Kier alpha value is -4.74. The fourth-order valence-electron chi connectivity index (χ4n) is 3.26. The van der Waals surface area contributed by atoms with Crippen molar-refractivity contribution >= 4 is 41.5 Å². The third-order valence-electron chi connectivity index (χ3n) is 5.21. The molecule has 0 aromatic carbocycles. The zero-order chi connectivity index (χ0) is 29.5. The van der Waals surface area contributed by atoms with Gasteiger partial charge < -0.3 is 54.1 Å². The Morgan fingerprint density at radius 1 is 0.923 bits per heavy atom.